The van der Waals surface area contributed by atoms with Crippen LogP contribution < -0.4 is 4.74 Å². The standard InChI is InChI=1S/C12H6N4O/c13-7-9-2-1-3-11(6-9)17-12-15-5-4-10(8-14)16-12/h1-6H. The van der Waals surface area contributed by atoms with E-state index in [-0.39, 0.29) is 11.7 Å². The van der Waals surface area contributed by atoms with Crippen molar-refractivity contribution in [2.75, 3.05) is 0 Å². The molecule has 0 radical (unpaired) electrons. The summed E-state index contributed by atoms with van der Waals surface area (Å²) in [5.41, 5.74) is 0.713. The lowest BCUT2D eigenvalue weighted by Gasteiger charge is -2.03. The first-order chi connectivity index (χ1) is 8.31. The molecule has 0 atom stereocenters. The van der Waals surface area contributed by atoms with Crippen LogP contribution >= 0.6 is 0 Å². The highest BCUT2D eigenvalue weighted by Gasteiger charge is 2.02. The number of rotatable bonds is 2. The summed E-state index contributed by atoms with van der Waals surface area (Å²) in [6, 6.07) is 12.1. The first-order valence-electron chi connectivity index (χ1n) is 4.73. The molecule has 2 rings (SSSR count). The molecule has 0 unspecified atom stereocenters. The van der Waals surface area contributed by atoms with Crippen LogP contribution in [0.5, 0.6) is 11.8 Å². The van der Waals surface area contributed by atoms with Gasteiger partial charge in [-0.3, -0.25) is 0 Å². The lowest BCUT2D eigenvalue weighted by atomic mass is 10.2. The maximum absolute atomic E-state index is 8.73. The predicted molar refractivity (Wildman–Crippen MR) is 58.0 cm³/mol. The Morgan fingerprint density at radius 1 is 1.12 bits per heavy atom. The van der Waals surface area contributed by atoms with E-state index in [0.29, 0.717) is 11.3 Å². The van der Waals surface area contributed by atoms with Gasteiger partial charge < -0.3 is 4.74 Å². The van der Waals surface area contributed by atoms with Crippen LogP contribution in [0, 0.1) is 22.7 Å². The van der Waals surface area contributed by atoms with Crippen LogP contribution in [0.1, 0.15) is 11.3 Å². The normalized spacial score (nSPS) is 9.06. The smallest absolute Gasteiger partial charge is 0.323 e. The summed E-state index contributed by atoms with van der Waals surface area (Å²) in [5, 5.41) is 17.4. The molecule has 0 bridgehead atoms. The van der Waals surface area contributed by atoms with E-state index in [1.807, 2.05) is 12.1 Å². The van der Waals surface area contributed by atoms with Gasteiger partial charge in [0.25, 0.3) is 0 Å². The first kappa shape index (κ1) is 10.6. The zero-order valence-electron chi connectivity index (χ0n) is 8.66. The molecule has 0 amide bonds. The number of hydrogen-bond acceptors (Lipinski definition) is 5. The van der Waals surface area contributed by atoms with Gasteiger partial charge in [-0.1, -0.05) is 6.07 Å². The van der Waals surface area contributed by atoms with Crippen molar-refractivity contribution in [3.63, 3.8) is 0 Å². The van der Waals surface area contributed by atoms with Gasteiger partial charge in [-0.2, -0.15) is 15.5 Å². The second-order valence-electron chi connectivity index (χ2n) is 3.08. The number of nitrogens with zero attached hydrogens (tertiary/aromatic N) is 4. The number of nitriles is 2. The van der Waals surface area contributed by atoms with Crippen molar-refractivity contribution in [3.8, 4) is 23.9 Å². The van der Waals surface area contributed by atoms with Crippen LogP contribution in [-0.2, 0) is 0 Å². The highest BCUT2D eigenvalue weighted by atomic mass is 16.5. The molecular weight excluding hydrogens is 216 g/mol. The van der Waals surface area contributed by atoms with Crippen LogP contribution in [0.3, 0.4) is 0 Å². The highest BCUT2D eigenvalue weighted by molar-refractivity contribution is 5.37. The fourth-order valence-corrected chi connectivity index (χ4v) is 1.19. The van der Waals surface area contributed by atoms with E-state index < -0.39 is 0 Å². The van der Waals surface area contributed by atoms with Crippen molar-refractivity contribution in [2.45, 2.75) is 0 Å². The van der Waals surface area contributed by atoms with Gasteiger partial charge in [-0.15, -0.1) is 0 Å². The molecular formula is C12H6N4O. The average Bonchev–Trinajstić information content (AvgIpc) is 2.39. The number of benzene rings is 1. The van der Waals surface area contributed by atoms with Gasteiger partial charge in [0.15, 0.2) is 0 Å². The van der Waals surface area contributed by atoms with Gasteiger partial charge >= 0.3 is 6.01 Å². The zero-order chi connectivity index (χ0) is 12.1. The summed E-state index contributed by atoms with van der Waals surface area (Å²) >= 11 is 0. The largest absolute Gasteiger partial charge is 0.424 e. The van der Waals surface area contributed by atoms with Gasteiger partial charge in [-0.05, 0) is 24.3 Å². The summed E-state index contributed by atoms with van der Waals surface area (Å²) in [5.74, 6) is 0.458. The lowest BCUT2D eigenvalue weighted by Crippen LogP contribution is -1.93. The van der Waals surface area contributed by atoms with E-state index >= 15 is 0 Å². The van der Waals surface area contributed by atoms with E-state index in [1.165, 1.54) is 12.3 Å². The summed E-state index contributed by atoms with van der Waals surface area (Å²) in [6.07, 6.45) is 1.44. The number of aromatic nitrogens is 2. The molecule has 0 N–H and O–H groups in total. The third-order valence-electron chi connectivity index (χ3n) is 1.92. The Kier molecular flexibility index (Phi) is 2.95. The van der Waals surface area contributed by atoms with Gasteiger partial charge in [0, 0.05) is 6.20 Å². The topological polar surface area (TPSA) is 82.6 Å². The molecule has 5 heteroatoms. The Morgan fingerprint density at radius 2 is 2.00 bits per heavy atom. The first-order valence-corrected chi connectivity index (χ1v) is 4.73. The van der Waals surface area contributed by atoms with Crippen molar-refractivity contribution >= 4 is 0 Å². The van der Waals surface area contributed by atoms with Gasteiger partial charge in [-0.25, -0.2) is 4.98 Å². The minimum Gasteiger partial charge on any atom is -0.424 e. The molecule has 17 heavy (non-hydrogen) atoms. The summed E-state index contributed by atoms with van der Waals surface area (Å²) < 4.78 is 5.34. The van der Waals surface area contributed by atoms with Crippen LogP contribution in [0.2, 0.25) is 0 Å². The zero-order valence-corrected chi connectivity index (χ0v) is 8.66. The molecule has 80 valence electrons. The monoisotopic (exact) mass is 222 g/mol. The molecule has 5 nitrogen and oxygen atoms in total. The molecule has 0 aliphatic heterocycles. The molecule has 0 saturated carbocycles. The lowest BCUT2D eigenvalue weighted by molar-refractivity contribution is 0.441. The maximum atomic E-state index is 8.73. The molecule has 0 aliphatic carbocycles. The molecule has 1 heterocycles. The molecule has 0 saturated heterocycles. The molecule has 1 aromatic carbocycles. The highest BCUT2D eigenvalue weighted by Crippen LogP contribution is 2.18. The average molecular weight is 222 g/mol. The van der Waals surface area contributed by atoms with Crippen molar-refractivity contribution in [1.29, 1.82) is 10.5 Å². The summed E-state index contributed by atoms with van der Waals surface area (Å²) in [4.78, 5) is 7.74. The van der Waals surface area contributed by atoms with E-state index in [4.69, 9.17) is 15.3 Å². The quantitative estimate of drug-likeness (QED) is 0.776. The van der Waals surface area contributed by atoms with E-state index in [2.05, 4.69) is 9.97 Å². The molecule has 1 aromatic heterocycles. The maximum Gasteiger partial charge on any atom is 0.323 e. The van der Waals surface area contributed by atoms with Crippen molar-refractivity contribution in [2.24, 2.45) is 0 Å². The third-order valence-corrected chi connectivity index (χ3v) is 1.92. The van der Waals surface area contributed by atoms with Gasteiger partial charge in [0.1, 0.15) is 17.5 Å². The summed E-state index contributed by atoms with van der Waals surface area (Å²) in [7, 11) is 0. The molecule has 2 aromatic rings. The number of hydrogen-bond donors (Lipinski definition) is 0. The Morgan fingerprint density at radius 3 is 2.76 bits per heavy atom. The van der Waals surface area contributed by atoms with Gasteiger partial charge in [0.2, 0.25) is 0 Å². The van der Waals surface area contributed by atoms with Crippen LogP contribution in [0.25, 0.3) is 0 Å². The summed E-state index contributed by atoms with van der Waals surface area (Å²) in [6.45, 7) is 0. The SMILES string of the molecule is N#Cc1cccc(Oc2nccc(C#N)n2)c1. The second kappa shape index (κ2) is 4.73. The van der Waals surface area contributed by atoms with E-state index in [1.54, 1.807) is 24.3 Å². The Balaban J connectivity index is 2.26. The van der Waals surface area contributed by atoms with Crippen LogP contribution in [-0.4, -0.2) is 9.97 Å². The predicted octanol–water partition coefficient (Wildman–Crippen LogP) is 2.01. The Hall–Kier alpha value is -2.92. The minimum atomic E-state index is 0.0825. The minimum absolute atomic E-state index is 0.0825. The fourth-order valence-electron chi connectivity index (χ4n) is 1.19. The van der Waals surface area contributed by atoms with Crippen LogP contribution in [0.15, 0.2) is 36.5 Å². The van der Waals surface area contributed by atoms with Gasteiger partial charge in [0.05, 0.1) is 11.6 Å². The second-order valence-corrected chi connectivity index (χ2v) is 3.08. The van der Waals surface area contributed by atoms with Crippen molar-refractivity contribution in [3.05, 3.63) is 47.8 Å². The van der Waals surface area contributed by atoms with Crippen LogP contribution in [0.4, 0.5) is 0 Å². The fraction of sp³-hybridized carbons (Fsp3) is 0. The molecule has 0 spiro atoms. The number of ether oxygens (including phenoxy) is 1. The molecule has 0 fully saturated rings. The van der Waals surface area contributed by atoms with Crippen molar-refractivity contribution in [1.82, 2.24) is 9.97 Å². The van der Waals surface area contributed by atoms with E-state index in [0.717, 1.165) is 0 Å². The van der Waals surface area contributed by atoms with E-state index in [9.17, 15) is 0 Å². The third kappa shape index (κ3) is 2.55. The molecule has 0 aliphatic rings. The Labute approximate surface area is 97.6 Å². The Bertz CT molecular complexity index is 569. The van der Waals surface area contributed by atoms with Crippen molar-refractivity contribution < 1.29 is 4.74 Å².